The van der Waals surface area contributed by atoms with Crippen molar-refractivity contribution in [2.45, 2.75) is 19.6 Å². The van der Waals surface area contributed by atoms with E-state index in [1.54, 1.807) is 0 Å². The van der Waals surface area contributed by atoms with Crippen LogP contribution in [0.4, 0.5) is 4.39 Å². The lowest BCUT2D eigenvalue weighted by molar-refractivity contribution is 0.202. The summed E-state index contributed by atoms with van der Waals surface area (Å²) >= 11 is 0. The molecule has 4 heteroatoms. The van der Waals surface area contributed by atoms with Crippen LogP contribution in [0.1, 0.15) is 24.2 Å². The number of aliphatic hydroxyl groups excluding tert-OH is 1. The standard InChI is InChI=1S/C14H14FNO2/c1-10(11-5-3-2-4-6-11)18-14-13(15)12(9-17)7-8-16-14/h2-8,10,17H,9H2,1H3. The minimum Gasteiger partial charge on any atom is -0.468 e. The molecule has 94 valence electrons. The number of halogens is 1. The molecule has 0 aliphatic rings. The van der Waals surface area contributed by atoms with Crippen LogP contribution < -0.4 is 4.74 Å². The summed E-state index contributed by atoms with van der Waals surface area (Å²) in [6, 6.07) is 10.9. The lowest BCUT2D eigenvalue weighted by atomic mass is 10.1. The van der Waals surface area contributed by atoms with E-state index >= 15 is 0 Å². The molecule has 0 bridgehead atoms. The van der Waals surface area contributed by atoms with Crippen molar-refractivity contribution >= 4 is 0 Å². The number of benzene rings is 1. The molecule has 0 saturated carbocycles. The molecule has 0 spiro atoms. The molecule has 0 amide bonds. The Morgan fingerprint density at radius 1 is 1.28 bits per heavy atom. The van der Waals surface area contributed by atoms with Crippen LogP contribution in [0, 0.1) is 5.82 Å². The maximum absolute atomic E-state index is 13.8. The van der Waals surface area contributed by atoms with E-state index in [0.29, 0.717) is 0 Å². The summed E-state index contributed by atoms with van der Waals surface area (Å²) in [5.41, 5.74) is 1.12. The number of hydrogen-bond acceptors (Lipinski definition) is 3. The first-order valence-electron chi connectivity index (χ1n) is 5.68. The third-order valence-electron chi connectivity index (χ3n) is 2.66. The molecule has 2 rings (SSSR count). The Morgan fingerprint density at radius 2 is 2.00 bits per heavy atom. The van der Waals surface area contributed by atoms with Gasteiger partial charge in [-0.15, -0.1) is 0 Å². The van der Waals surface area contributed by atoms with E-state index in [4.69, 9.17) is 9.84 Å². The van der Waals surface area contributed by atoms with Gasteiger partial charge in [0.2, 0.25) is 0 Å². The van der Waals surface area contributed by atoms with E-state index < -0.39 is 5.82 Å². The molecule has 0 radical (unpaired) electrons. The van der Waals surface area contributed by atoms with Crippen LogP contribution in [0.15, 0.2) is 42.6 Å². The number of ether oxygens (including phenoxy) is 1. The van der Waals surface area contributed by atoms with Gasteiger partial charge < -0.3 is 9.84 Å². The monoisotopic (exact) mass is 247 g/mol. The van der Waals surface area contributed by atoms with Crippen molar-refractivity contribution in [2.75, 3.05) is 0 Å². The predicted molar refractivity (Wildman–Crippen MR) is 65.6 cm³/mol. The highest BCUT2D eigenvalue weighted by Crippen LogP contribution is 2.23. The molecule has 1 unspecified atom stereocenters. The molecular formula is C14H14FNO2. The topological polar surface area (TPSA) is 42.4 Å². The SMILES string of the molecule is CC(Oc1nccc(CO)c1F)c1ccccc1. The Kier molecular flexibility index (Phi) is 3.89. The zero-order valence-electron chi connectivity index (χ0n) is 10.0. The van der Waals surface area contributed by atoms with E-state index in [1.165, 1.54) is 12.3 Å². The summed E-state index contributed by atoms with van der Waals surface area (Å²) in [6.07, 6.45) is 1.11. The Balaban J connectivity index is 2.19. The largest absolute Gasteiger partial charge is 0.468 e. The van der Waals surface area contributed by atoms with E-state index in [2.05, 4.69) is 4.98 Å². The first kappa shape index (κ1) is 12.5. The van der Waals surface area contributed by atoms with Gasteiger partial charge >= 0.3 is 0 Å². The first-order valence-corrected chi connectivity index (χ1v) is 5.68. The van der Waals surface area contributed by atoms with Gasteiger partial charge in [0.25, 0.3) is 5.88 Å². The highest BCUT2D eigenvalue weighted by Gasteiger charge is 2.14. The van der Waals surface area contributed by atoms with Crippen molar-refractivity contribution in [3.63, 3.8) is 0 Å². The molecule has 1 aromatic carbocycles. The van der Waals surface area contributed by atoms with Gasteiger partial charge in [-0.1, -0.05) is 30.3 Å². The van der Waals surface area contributed by atoms with Gasteiger partial charge in [0.15, 0.2) is 5.82 Å². The van der Waals surface area contributed by atoms with Crippen LogP contribution in [-0.2, 0) is 6.61 Å². The third kappa shape index (κ3) is 2.65. The van der Waals surface area contributed by atoms with Gasteiger partial charge in [0.05, 0.1) is 6.61 Å². The summed E-state index contributed by atoms with van der Waals surface area (Å²) in [5, 5.41) is 8.97. The summed E-state index contributed by atoms with van der Waals surface area (Å²) in [7, 11) is 0. The molecule has 3 nitrogen and oxygen atoms in total. The fourth-order valence-corrected chi connectivity index (χ4v) is 1.63. The van der Waals surface area contributed by atoms with Crippen molar-refractivity contribution in [3.8, 4) is 5.88 Å². The maximum atomic E-state index is 13.8. The molecular weight excluding hydrogens is 233 g/mol. The third-order valence-corrected chi connectivity index (χ3v) is 2.66. The van der Waals surface area contributed by atoms with Crippen molar-refractivity contribution in [1.29, 1.82) is 0 Å². The second-order valence-corrected chi connectivity index (χ2v) is 3.92. The molecule has 0 aliphatic carbocycles. The molecule has 0 saturated heterocycles. The summed E-state index contributed by atoms with van der Waals surface area (Å²) in [4.78, 5) is 3.84. The Hall–Kier alpha value is -1.94. The number of aromatic nitrogens is 1. The van der Waals surface area contributed by atoms with E-state index in [1.807, 2.05) is 37.3 Å². The summed E-state index contributed by atoms with van der Waals surface area (Å²) in [6.45, 7) is 1.45. The fourth-order valence-electron chi connectivity index (χ4n) is 1.63. The fraction of sp³-hybridized carbons (Fsp3) is 0.214. The van der Waals surface area contributed by atoms with Crippen LogP contribution in [0.25, 0.3) is 0 Å². The van der Waals surface area contributed by atoms with Gasteiger partial charge in [-0.3, -0.25) is 0 Å². The average Bonchev–Trinajstić information content (AvgIpc) is 2.42. The Labute approximate surface area is 105 Å². The predicted octanol–water partition coefficient (Wildman–Crippen LogP) is 2.85. The van der Waals surface area contributed by atoms with Crippen molar-refractivity contribution < 1.29 is 14.2 Å². The first-order chi connectivity index (χ1) is 8.72. The minimum atomic E-state index is -0.609. The molecule has 1 atom stereocenters. The molecule has 1 heterocycles. The summed E-state index contributed by atoms with van der Waals surface area (Å²) < 4.78 is 19.3. The number of hydrogen-bond donors (Lipinski definition) is 1. The molecule has 0 fully saturated rings. The van der Waals surface area contributed by atoms with Crippen molar-refractivity contribution in [2.24, 2.45) is 0 Å². The van der Waals surface area contributed by atoms with E-state index in [9.17, 15) is 4.39 Å². The van der Waals surface area contributed by atoms with Gasteiger partial charge in [-0.05, 0) is 18.6 Å². The molecule has 2 aromatic rings. The lowest BCUT2D eigenvalue weighted by Crippen LogP contribution is -2.07. The highest BCUT2D eigenvalue weighted by molar-refractivity contribution is 5.24. The minimum absolute atomic E-state index is 0.0853. The van der Waals surface area contributed by atoms with Crippen LogP contribution in [0.2, 0.25) is 0 Å². The number of aliphatic hydroxyl groups is 1. The van der Waals surface area contributed by atoms with Crippen molar-refractivity contribution in [1.82, 2.24) is 4.98 Å². The lowest BCUT2D eigenvalue weighted by Gasteiger charge is -2.15. The molecule has 18 heavy (non-hydrogen) atoms. The van der Waals surface area contributed by atoms with Gasteiger partial charge in [0, 0.05) is 11.8 Å². The van der Waals surface area contributed by atoms with Gasteiger partial charge in [0.1, 0.15) is 6.10 Å². The van der Waals surface area contributed by atoms with E-state index in [0.717, 1.165) is 5.56 Å². The second kappa shape index (κ2) is 5.60. The quantitative estimate of drug-likeness (QED) is 0.903. The molecule has 0 aliphatic heterocycles. The molecule has 1 aromatic heterocycles. The zero-order chi connectivity index (χ0) is 13.0. The maximum Gasteiger partial charge on any atom is 0.251 e. The van der Waals surface area contributed by atoms with Crippen LogP contribution >= 0.6 is 0 Å². The average molecular weight is 247 g/mol. The number of pyridine rings is 1. The Morgan fingerprint density at radius 3 is 2.67 bits per heavy atom. The van der Waals surface area contributed by atoms with Crippen LogP contribution in [-0.4, -0.2) is 10.1 Å². The highest BCUT2D eigenvalue weighted by atomic mass is 19.1. The smallest absolute Gasteiger partial charge is 0.251 e. The van der Waals surface area contributed by atoms with Crippen LogP contribution in [0.3, 0.4) is 0 Å². The van der Waals surface area contributed by atoms with Crippen molar-refractivity contribution in [3.05, 3.63) is 59.5 Å². The zero-order valence-corrected chi connectivity index (χ0v) is 10.0. The second-order valence-electron chi connectivity index (χ2n) is 3.92. The van der Waals surface area contributed by atoms with Gasteiger partial charge in [-0.25, -0.2) is 9.37 Å². The summed E-state index contributed by atoms with van der Waals surface area (Å²) in [5.74, 6) is -0.694. The number of nitrogens with zero attached hydrogens (tertiary/aromatic N) is 1. The van der Waals surface area contributed by atoms with Gasteiger partial charge in [-0.2, -0.15) is 0 Å². The number of rotatable bonds is 4. The Bertz CT molecular complexity index is 516. The normalized spacial score (nSPS) is 12.2. The molecule has 1 N–H and O–H groups in total. The van der Waals surface area contributed by atoms with Crippen LogP contribution in [0.5, 0.6) is 5.88 Å². The van der Waals surface area contributed by atoms with E-state index in [-0.39, 0.29) is 24.2 Å².